The minimum absolute atomic E-state index is 0.301. The Balaban J connectivity index is 1.73. The summed E-state index contributed by atoms with van der Waals surface area (Å²) in [6.45, 7) is 2.28. The van der Waals surface area contributed by atoms with E-state index >= 15 is 0 Å². The van der Waals surface area contributed by atoms with Crippen molar-refractivity contribution in [1.29, 1.82) is 0 Å². The Morgan fingerprint density at radius 3 is 2.45 bits per heavy atom. The molecule has 3 aromatic rings. The van der Waals surface area contributed by atoms with E-state index < -0.39 is 11.5 Å². The second kappa shape index (κ2) is 7.47. The zero-order valence-corrected chi connectivity index (χ0v) is 16.7. The van der Waals surface area contributed by atoms with Gasteiger partial charge in [-0.1, -0.05) is 66.2 Å². The average Bonchev–Trinajstić information content (AvgIpc) is 2.92. The van der Waals surface area contributed by atoms with E-state index in [0.717, 1.165) is 11.1 Å². The molecule has 0 fully saturated rings. The van der Waals surface area contributed by atoms with Crippen molar-refractivity contribution >= 4 is 29.0 Å². The van der Waals surface area contributed by atoms with E-state index in [1.165, 1.54) is 4.90 Å². The number of fused-ring (bicyclic) bond motifs is 1. The van der Waals surface area contributed by atoms with Gasteiger partial charge in [-0.2, -0.15) is 0 Å². The van der Waals surface area contributed by atoms with Gasteiger partial charge < -0.3 is 10.0 Å². The van der Waals surface area contributed by atoms with Crippen LogP contribution < -0.4 is 4.90 Å². The van der Waals surface area contributed by atoms with E-state index in [1.807, 2.05) is 37.3 Å². The Morgan fingerprint density at radius 1 is 1.03 bits per heavy atom. The van der Waals surface area contributed by atoms with E-state index in [0.29, 0.717) is 28.4 Å². The summed E-state index contributed by atoms with van der Waals surface area (Å²) in [4.78, 5) is 27.7. The molecule has 0 unspecified atom stereocenters. The normalized spacial score (nSPS) is 18.0. The summed E-state index contributed by atoms with van der Waals surface area (Å²) in [5.74, 6) is -0.813. The third-order valence-electron chi connectivity index (χ3n) is 5.40. The van der Waals surface area contributed by atoms with Gasteiger partial charge >= 0.3 is 0 Å². The fourth-order valence-corrected chi connectivity index (χ4v) is 3.94. The molecule has 1 aliphatic rings. The number of nitrogens with zero attached hydrogens (tertiary/aromatic N) is 1. The number of carbonyl (C=O) groups excluding carboxylic acids is 2. The minimum Gasteiger partial charge on any atom is -0.375 e. The number of ketones is 1. The number of aryl methyl sites for hydroxylation is 1. The quantitative estimate of drug-likeness (QED) is 0.628. The maximum Gasteiger partial charge on any atom is 0.264 e. The van der Waals surface area contributed by atoms with Crippen LogP contribution in [0.2, 0.25) is 5.02 Å². The van der Waals surface area contributed by atoms with Crippen molar-refractivity contribution in [1.82, 2.24) is 0 Å². The molecular formula is C24H20ClNO3. The minimum atomic E-state index is -1.95. The molecule has 29 heavy (non-hydrogen) atoms. The number of halogens is 1. The summed E-state index contributed by atoms with van der Waals surface area (Å²) < 4.78 is 0. The predicted octanol–water partition coefficient (Wildman–Crippen LogP) is 4.66. The molecule has 4 nitrogen and oxygen atoms in total. The van der Waals surface area contributed by atoms with Gasteiger partial charge in [0.25, 0.3) is 5.91 Å². The number of Topliss-reactive ketones (excluding diaryl/α,β-unsaturated/α-hetero) is 1. The molecule has 146 valence electrons. The molecule has 0 aromatic heterocycles. The van der Waals surface area contributed by atoms with Crippen molar-refractivity contribution in [3.05, 3.63) is 100 Å². The summed E-state index contributed by atoms with van der Waals surface area (Å²) in [5, 5.41) is 11.8. The average molecular weight is 406 g/mol. The van der Waals surface area contributed by atoms with Gasteiger partial charge in [0, 0.05) is 16.1 Å². The molecule has 1 N–H and O–H groups in total. The molecule has 1 aliphatic heterocycles. The van der Waals surface area contributed by atoms with Crippen LogP contribution in [0.25, 0.3) is 0 Å². The number of hydrogen-bond acceptors (Lipinski definition) is 3. The summed E-state index contributed by atoms with van der Waals surface area (Å²) in [5.41, 5.74) is 1.47. The smallest absolute Gasteiger partial charge is 0.264 e. The van der Waals surface area contributed by atoms with Gasteiger partial charge in [0.15, 0.2) is 11.4 Å². The van der Waals surface area contributed by atoms with Crippen LogP contribution in [0.5, 0.6) is 0 Å². The van der Waals surface area contributed by atoms with Crippen LogP contribution in [0.4, 0.5) is 5.69 Å². The molecule has 0 aliphatic carbocycles. The predicted molar refractivity (Wildman–Crippen MR) is 113 cm³/mol. The van der Waals surface area contributed by atoms with Gasteiger partial charge in [0.2, 0.25) is 0 Å². The number of carbonyl (C=O) groups is 2. The number of benzene rings is 3. The van der Waals surface area contributed by atoms with E-state index in [-0.39, 0.29) is 12.2 Å². The first-order valence-electron chi connectivity index (χ1n) is 9.37. The van der Waals surface area contributed by atoms with Crippen molar-refractivity contribution in [2.45, 2.75) is 25.5 Å². The first-order valence-corrected chi connectivity index (χ1v) is 9.75. The second-order valence-corrected chi connectivity index (χ2v) is 7.74. The van der Waals surface area contributed by atoms with Crippen molar-refractivity contribution in [3.8, 4) is 0 Å². The standard InChI is InChI=1S/C24H20ClNO3/c1-16-7-5-6-10-18(16)15-26-21-12-11-19(25)13-20(21)24(29,23(26)28)14-22(27)17-8-3-2-4-9-17/h2-13,29H,14-15H2,1H3/t24-/m0/s1. The van der Waals surface area contributed by atoms with Crippen molar-refractivity contribution < 1.29 is 14.7 Å². The maximum absolute atomic E-state index is 13.4. The summed E-state index contributed by atoms with van der Waals surface area (Å²) in [6, 6.07) is 21.4. The SMILES string of the molecule is Cc1ccccc1CN1C(=O)[C@](O)(CC(=O)c2ccccc2)c2cc(Cl)ccc21. The zero-order valence-electron chi connectivity index (χ0n) is 15.9. The van der Waals surface area contributed by atoms with Gasteiger partial charge in [0.1, 0.15) is 0 Å². The fourth-order valence-electron chi connectivity index (χ4n) is 3.77. The molecule has 4 rings (SSSR count). The Hall–Kier alpha value is -2.95. The Kier molecular flexibility index (Phi) is 4.99. The third-order valence-corrected chi connectivity index (χ3v) is 5.63. The van der Waals surface area contributed by atoms with E-state index in [9.17, 15) is 14.7 Å². The Bertz CT molecular complexity index is 1100. The van der Waals surface area contributed by atoms with Crippen molar-refractivity contribution in [3.63, 3.8) is 0 Å². The summed E-state index contributed by atoms with van der Waals surface area (Å²) in [7, 11) is 0. The molecule has 1 atom stereocenters. The Morgan fingerprint density at radius 2 is 1.72 bits per heavy atom. The van der Waals surface area contributed by atoms with Crippen LogP contribution >= 0.6 is 11.6 Å². The van der Waals surface area contributed by atoms with E-state index in [2.05, 4.69) is 0 Å². The van der Waals surface area contributed by atoms with Crippen LogP contribution in [-0.4, -0.2) is 16.8 Å². The molecule has 0 radical (unpaired) electrons. The Labute approximate surface area is 174 Å². The molecule has 0 spiro atoms. The number of aliphatic hydroxyl groups is 1. The lowest BCUT2D eigenvalue weighted by molar-refractivity contribution is -0.136. The highest BCUT2D eigenvalue weighted by Crippen LogP contribution is 2.44. The number of anilines is 1. The van der Waals surface area contributed by atoms with Crippen molar-refractivity contribution in [2.75, 3.05) is 4.90 Å². The lowest BCUT2D eigenvalue weighted by Crippen LogP contribution is -2.41. The molecule has 5 heteroatoms. The first kappa shape index (κ1) is 19.4. The van der Waals surface area contributed by atoms with Crippen LogP contribution in [0.1, 0.15) is 33.5 Å². The topological polar surface area (TPSA) is 57.6 Å². The monoisotopic (exact) mass is 405 g/mol. The summed E-state index contributed by atoms with van der Waals surface area (Å²) in [6.07, 6.45) is -0.340. The number of rotatable bonds is 5. The molecule has 0 saturated heterocycles. The van der Waals surface area contributed by atoms with Gasteiger partial charge in [-0.05, 0) is 36.2 Å². The van der Waals surface area contributed by atoms with Gasteiger partial charge in [-0.3, -0.25) is 9.59 Å². The summed E-state index contributed by atoms with van der Waals surface area (Å²) >= 11 is 6.16. The van der Waals surface area contributed by atoms with E-state index in [4.69, 9.17) is 11.6 Å². The molecule has 3 aromatic carbocycles. The molecule has 1 amide bonds. The fraction of sp³-hybridized carbons (Fsp3) is 0.167. The van der Waals surface area contributed by atoms with Crippen LogP contribution in [0.3, 0.4) is 0 Å². The third kappa shape index (κ3) is 3.46. The van der Waals surface area contributed by atoms with Crippen LogP contribution in [0.15, 0.2) is 72.8 Å². The lowest BCUT2D eigenvalue weighted by atomic mass is 9.88. The van der Waals surface area contributed by atoms with E-state index in [1.54, 1.807) is 42.5 Å². The van der Waals surface area contributed by atoms with Crippen LogP contribution in [-0.2, 0) is 16.9 Å². The zero-order chi connectivity index (χ0) is 20.6. The molecule has 1 heterocycles. The number of amides is 1. The number of hydrogen-bond donors (Lipinski definition) is 1. The highest BCUT2D eigenvalue weighted by molar-refractivity contribution is 6.31. The van der Waals surface area contributed by atoms with Gasteiger partial charge in [0.05, 0.1) is 18.7 Å². The maximum atomic E-state index is 13.4. The van der Waals surface area contributed by atoms with Crippen LogP contribution in [0, 0.1) is 6.92 Å². The molecule has 0 saturated carbocycles. The first-order chi connectivity index (χ1) is 13.9. The van der Waals surface area contributed by atoms with Crippen molar-refractivity contribution in [2.24, 2.45) is 0 Å². The van der Waals surface area contributed by atoms with Gasteiger partial charge in [-0.25, -0.2) is 0 Å². The van der Waals surface area contributed by atoms with Gasteiger partial charge in [-0.15, -0.1) is 0 Å². The molecular weight excluding hydrogens is 386 g/mol. The second-order valence-electron chi connectivity index (χ2n) is 7.31. The lowest BCUT2D eigenvalue weighted by Gasteiger charge is -2.23. The highest BCUT2D eigenvalue weighted by Gasteiger charge is 2.51. The largest absolute Gasteiger partial charge is 0.375 e. The highest BCUT2D eigenvalue weighted by atomic mass is 35.5. The molecule has 0 bridgehead atoms.